The Morgan fingerprint density at radius 2 is 1.88 bits per heavy atom. The minimum atomic E-state index is -1.33. The van der Waals surface area contributed by atoms with E-state index in [1.807, 2.05) is 0 Å². The molecule has 1 fully saturated rings. The largest absolute Gasteiger partial charge is 0.438 e. The first-order valence-corrected chi connectivity index (χ1v) is 9.19. The standard InChI is InChI=1S/C21H30N2O3/c1-13-15(10-11-23-18(24)26-20(5,6)21(23,7)25)16-12-14(19(2,3)4)8-9-17(16)22-13/h8-9,12,22,25H,10-11H2,1-7H3/t21-/m1/s1. The van der Waals surface area contributed by atoms with Crippen LogP contribution in [0.3, 0.4) is 0 Å². The summed E-state index contributed by atoms with van der Waals surface area (Å²) < 4.78 is 5.36. The number of nitrogens with one attached hydrogen (secondary N) is 1. The van der Waals surface area contributed by atoms with Gasteiger partial charge in [0.25, 0.3) is 0 Å². The first-order valence-electron chi connectivity index (χ1n) is 9.19. The zero-order valence-corrected chi connectivity index (χ0v) is 16.9. The van der Waals surface area contributed by atoms with E-state index in [0.717, 1.165) is 11.2 Å². The van der Waals surface area contributed by atoms with Crippen molar-refractivity contribution in [2.75, 3.05) is 6.54 Å². The van der Waals surface area contributed by atoms with Gasteiger partial charge in [-0.1, -0.05) is 26.8 Å². The molecule has 2 N–H and O–H groups in total. The zero-order chi connectivity index (χ0) is 19.5. The Labute approximate surface area is 155 Å². The second kappa shape index (κ2) is 5.74. The molecule has 0 unspecified atom stereocenters. The average molecular weight is 358 g/mol. The Bertz CT molecular complexity index is 856. The fourth-order valence-electron chi connectivity index (χ4n) is 3.58. The molecule has 5 heteroatoms. The first-order chi connectivity index (χ1) is 11.8. The van der Waals surface area contributed by atoms with Crippen LogP contribution in [0.4, 0.5) is 4.79 Å². The van der Waals surface area contributed by atoms with Crippen LogP contribution < -0.4 is 0 Å². The van der Waals surface area contributed by atoms with E-state index in [1.54, 1.807) is 20.8 Å². The van der Waals surface area contributed by atoms with E-state index < -0.39 is 17.4 Å². The molecule has 2 heterocycles. The number of aliphatic hydroxyl groups is 1. The predicted octanol–water partition coefficient (Wildman–Crippen LogP) is 4.26. The van der Waals surface area contributed by atoms with Crippen LogP contribution in [0.15, 0.2) is 18.2 Å². The van der Waals surface area contributed by atoms with Gasteiger partial charge in [0, 0.05) is 23.1 Å². The Balaban J connectivity index is 1.92. The lowest BCUT2D eigenvalue weighted by Gasteiger charge is -2.34. The molecule has 142 valence electrons. The van der Waals surface area contributed by atoms with E-state index in [-0.39, 0.29) is 5.41 Å². The van der Waals surface area contributed by atoms with E-state index in [2.05, 4.69) is 50.9 Å². The van der Waals surface area contributed by atoms with Crippen molar-refractivity contribution in [1.82, 2.24) is 9.88 Å². The van der Waals surface area contributed by atoms with Gasteiger partial charge in [-0.3, -0.25) is 4.90 Å². The molecule has 0 saturated carbocycles. The number of aromatic amines is 1. The summed E-state index contributed by atoms with van der Waals surface area (Å²) in [5.74, 6) is 0. The highest BCUT2D eigenvalue weighted by molar-refractivity contribution is 5.85. The molecule has 3 rings (SSSR count). The Hall–Kier alpha value is -2.01. The van der Waals surface area contributed by atoms with E-state index in [9.17, 15) is 9.90 Å². The van der Waals surface area contributed by atoms with E-state index in [4.69, 9.17) is 4.74 Å². The lowest BCUT2D eigenvalue weighted by molar-refractivity contribution is -0.126. The lowest BCUT2D eigenvalue weighted by atomic mass is 9.86. The smallest absolute Gasteiger partial charge is 0.412 e. The molecule has 1 aliphatic heterocycles. The number of hydrogen-bond acceptors (Lipinski definition) is 3. The summed E-state index contributed by atoms with van der Waals surface area (Å²) in [5.41, 5.74) is 2.46. The number of H-pyrrole nitrogens is 1. The molecule has 1 saturated heterocycles. The quantitative estimate of drug-likeness (QED) is 0.862. The second-order valence-corrected chi connectivity index (χ2v) is 9.04. The summed E-state index contributed by atoms with van der Waals surface area (Å²) in [5, 5.41) is 12.0. The van der Waals surface area contributed by atoms with E-state index >= 15 is 0 Å². The predicted molar refractivity (Wildman–Crippen MR) is 103 cm³/mol. The minimum Gasteiger partial charge on any atom is -0.438 e. The van der Waals surface area contributed by atoms with Crippen molar-refractivity contribution in [3.05, 3.63) is 35.0 Å². The van der Waals surface area contributed by atoms with Gasteiger partial charge in [-0.05, 0) is 62.8 Å². The molecule has 1 aromatic heterocycles. The van der Waals surface area contributed by atoms with Gasteiger partial charge in [0.05, 0.1) is 0 Å². The maximum atomic E-state index is 12.2. The van der Waals surface area contributed by atoms with Crippen molar-refractivity contribution in [2.24, 2.45) is 0 Å². The van der Waals surface area contributed by atoms with E-state index in [0.29, 0.717) is 13.0 Å². The lowest BCUT2D eigenvalue weighted by Crippen LogP contribution is -2.54. The van der Waals surface area contributed by atoms with Crippen LogP contribution in [0.2, 0.25) is 0 Å². The third-order valence-corrected chi connectivity index (χ3v) is 5.80. The zero-order valence-electron chi connectivity index (χ0n) is 16.9. The van der Waals surface area contributed by atoms with Gasteiger partial charge in [-0.2, -0.15) is 0 Å². The number of carbonyl (C=O) groups excluding carboxylic acids is 1. The fraction of sp³-hybridized carbons (Fsp3) is 0.571. The summed E-state index contributed by atoms with van der Waals surface area (Å²) in [7, 11) is 0. The third-order valence-electron chi connectivity index (χ3n) is 5.80. The van der Waals surface area contributed by atoms with Crippen LogP contribution in [-0.4, -0.2) is 39.0 Å². The summed E-state index contributed by atoms with van der Waals surface area (Å²) in [4.78, 5) is 17.1. The molecule has 1 aliphatic rings. The average Bonchev–Trinajstić information content (AvgIpc) is 2.87. The van der Waals surface area contributed by atoms with Gasteiger partial charge in [-0.25, -0.2) is 4.79 Å². The van der Waals surface area contributed by atoms with E-state index in [1.165, 1.54) is 21.4 Å². The number of amides is 1. The van der Waals surface area contributed by atoms with Gasteiger partial charge in [-0.15, -0.1) is 0 Å². The minimum absolute atomic E-state index is 0.0725. The van der Waals surface area contributed by atoms with Gasteiger partial charge in [0.2, 0.25) is 0 Å². The summed E-state index contributed by atoms with van der Waals surface area (Å²) in [6.45, 7) is 14.2. The monoisotopic (exact) mass is 358 g/mol. The molecule has 0 bridgehead atoms. The van der Waals surface area contributed by atoms with Crippen LogP contribution in [0.5, 0.6) is 0 Å². The molecule has 1 amide bonds. The highest BCUT2D eigenvalue weighted by atomic mass is 16.6. The fourth-order valence-corrected chi connectivity index (χ4v) is 3.58. The summed E-state index contributed by atoms with van der Waals surface area (Å²) in [6, 6.07) is 6.52. The van der Waals surface area contributed by atoms with Gasteiger partial charge in [0.15, 0.2) is 11.3 Å². The second-order valence-electron chi connectivity index (χ2n) is 9.04. The molecule has 26 heavy (non-hydrogen) atoms. The summed E-state index contributed by atoms with van der Waals surface area (Å²) in [6.07, 6.45) is 0.189. The number of fused-ring (bicyclic) bond motifs is 1. The first kappa shape index (κ1) is 18.8. The van der Waals surface area contributed by atoms with Crippen molar-refractivity contribution < 1.29 is 14.6 Å². The van der Waals surface area contributed by atoms with Gasteiger partial charge in [0.1, 0.15) is 0 Å². The number of hydrogen-bond donors (Lipinski definition) is 2. The van der Waals surface area contributed by atoms with Crippen molar-refractivity contribution in [3.63, 3.8) is 0 Å². The molecular formula is C21H30N2O3. The molecule has 2 aromatic rings. The highest BCUT2D eigenvalue weighted by Gasteiger charge is 2.56. The molecular weight excluding hydrogens is 328 g/mol. The number of aromatic nitrogens is 1. The molecule has 5 nitrogen and oxygen atoms in total. The number of benzene rings is 1. The van der Waals surface area contributed by atoms with Crippen molar-refractivity contribution in [3.8, 4) is 0 Å². The maximum absolute atomic E-state index is 12.2. The number of aryl methyl sites for hydroxylation is 1. The molecule has 1 atom stereocenters. The van der Waals surface area contributed by atoms with Gasteiger partial charge < -0.3 is 14.8 Å². The molecule has 1 aromatic carbocycles. The number of ether oxygens (including phenoxy) is 1. The molecule has 0 aliphatic carbocycles. The molecule has 0 radical (unpaired) electrons. The Morgan fingerprint density at radius 3 is 2.42 bits per heavy atom. The van der Waals surface area contributed by atoms with Crippen molar-refractivity contribution in [1.29, 1.82) is 0 Å². The number of nitrogens with zero attached hydrogens (tertiary/aromatic N) is 1. The Kier molecular flexibility index (Phi) is 4.15. The van der Waals surface area contributed by atoms with Crippen LogP contribution >= 0.6 is 0 Å². The highest BCUT2D eigenvalue weighted by Crippen LogP contribution is 2.37. The SMILES string of the molecule is Cc1[nH]c2ccc(C(C)(C)C)cc2c1CCN1C(=O)OC(C)(C)[C@@]1(C)O. The number of carbonyl (C=O) groups is 1. The van der Waals surface area contributed by atoms with Crippen molar-refractivity contribution in [2.45, 2.75) is 71.6 Å². The third kappa shape index (κ3) is 2.88. The summed E-state index contributed by atoms with van der Waals surface area (Å²) >= 11 is 0. The topological polar surface area (TPSA) is 65.6 Å². The van der Waals surface area contributed by atoms with Crippen LogP contribution in [0.1, 0.15) is 58.4 Å². The maximum Gasteiger partial charge on any atom is 0.412 e. The number of cyclic esters (lactones) is 1. The Morgan fingerprint density at radius 1 is 1.23 bits per heavy atom. The van der Waals surface area contributed by atoms with Crippen LogP contribution in [0.25, 0.3) is 10.9 Å². The van der Waals surface area contributed by atoms with Crippen molar-refractivity contribution >= 4 is 17.0 Å². The van der Waals surface area contributed by atoms with Gasteiger partial charge >= 0.3 is 6.09 Å². The normalized spacial score (nSPS) is 22.9. The molecule has 0 spiro atoms. The van der Waals surface area contributed by atoms with Crippen LogP contribution in [-0.2, 0) is 16.6 Å². The van der Waals surface area contributed by atoms with Crippen LogP contribution in [0, 0.1) is 6.92 Å². The number of rotatable bonds is 3.